The van der Waals surface area contributed by atoms with Gasteiger partial charge in [0.05, 0.1) is 11.8 Å². The molecule has 0 saturated carbocycles. The van der Waals surface area contributed by atoms with Crippen LogP contribution in [0.2, 0.25) is 0 Å². The van der Waals surface area contributed by atoms with E-state index in [1.165, 1.54) is 154 Å². The average molecular weight is 573 g/mol. The predicted octanol–water partition coefficient (Wildman–Crippen LogP) is 12.4. The van der Waals surface area contributed by atoms with E-state index in [1.54, 1.807) is 0 Å². The van der Waals surface area contributed by atoms with Crippen LogP contribution >= 0.6 is 0 Å². The number of rotatable bonds is 30. The third-order valence-corrected chi connectivity index (χ3v) is 8.77. The second-order valence-electron chi connectivity index (χ2n) is 12.7. The Morgan fingerprint density at radius 1 is 0.415 bits per heavy atom. The van der Waals surface area contributed by atoms with Crippen molar-refractivity contribution < 1.29 is 14.3 Å². The standard InChI is InChI=1S/C38H68O3/c1-3-5-7-9-11-13-15-17-19-21-23-25-27-29-31-33-35-36(38(40)41-37(35)39)34-32-30-28-26-24-22-20-18-16-14-12-10-8-6-4-2/h31-36H,3-30H2,1-2H3. The van der Waals surface area contributed by atoms with Gasteiger partial charge in [-0.2, -0.15) is 0 Å². The van der Waals surface area contributed by atoms with E-state index in [-0.39, 0.29) is 11.9 Å². The van der Waals surface area contributed by atoms with E-state index >= 15 is 0 Å². The molecule has 1 saturated heterocycles. The molecule has 0 aromatic carbocycles. The summed E-state index contributed by atoms with van der Waals surface area (Å²) in [6.45, 7) is 4.55. The molecule has 0 bridgehead atoms. The van der Waals surface area contributed by atoms with Gasteiger partial charge in [-0.1, -0.05) is 192 Å². The molecule has 1 fully saturated rings. The molecule has 3 heteroatoms. The first-order valence-electron chi connectivity index (χ1n) is 18.3. The topological polar surface area (TPSA) is 43.4 Å². The zero-order valence-corrected chi connectivity index (χ0v) is 27.5. The van der Waals surface area contributed by atoms with Crippen molar-refractivity contribution in [3.05, 3.63) is 24.3 Å². The summed E-state index contributed by atoms with van der Waals surface area (Å²) in [5.41, 5.74) is 0. The van der Waals surface area contributed by atoms with Crippen LogP contribution in [0.5, 0.6) is 0 Å². The predicted molar refractivity (Wildman–Crippen MR) is 177 cm³/mol. The molecule has 1 heterocycles. The first-order valence-corrected chi connectivity index (χ1v) is 18.3. The molecule has 0 aliphatic carbocycles. The van der Waals surface area contributed by atoms with Crippen molar-refractivity contribution in [1.82, 2.24) is 0 Å². The lowest BCUT2D eigenvalue weighted by Gasteiger charge is -2.05. The molecule has 41 heavy (non-hydrogen) atoms. The van der Waals surface area contributed by atoms with Crippen molar-refractivity contribution in [1.29, 1.82) is 0 Å². The zero-order valence-electron chi connectivity index (χ0n) is 27.5. The van der Waals surface area contributed by atoms with E-state index in [0.717, 1.165) is 25.7 Å². The summed E-state index contributed by atoms with van der Waals surface area (Å²) in [6, 6.07) is 0. The zero-order chi connectivity index (χ0) is 29.6. The van der Waals surface area contributed by atoms with E-state index < -0.39 is 11.8 Å². The number of allylic oxidation sites excluding steroid dienone is 2. The van der Waals surface area contributed by atoms with Crippen molar-refractivity contribution in [2.45, 2.75) is 194 Å². The monoisotopic (exact) mass is 573 g/mol. The van der Waals surface area contributed by atoms with Crippen molar-refractivity contribution in [3.8, 4) is 0 Å². The van der Waals surface area contributed by atoms with Crippen LogP contribution in [0.15, 0.2) is 24.3 Å². The lowest BCUT2D eigenvalue weighted by molar-refractivity contribution is -0.153. The highest BCUT2D eigenvalue weighted by atomic mass is 16.6. The van der Waals surface area contributed by atoms with Crippen LogP contribution in [0.25, 0.3) is 0 Å². The van der Waals surface area contributed by atoms with Gasteiger partial charge < -0.3 is 4.74 Å². The minimum atomic E-state index is -0.438. The largest absolute Gasteiger partial charge is 0.392 e. The number of ether oxygens (including phenoxy) is 1. The van der Waals surface area contributed by atoms with Gasteiger partial charge in [-0.25, -0.2) is 0 Å². The second kappa shape index (κ2) is 28.7. The first kappa shape index (κ1) is 37.6. The molecule has 1 aliphatic heterocycles. The highest BCUT2D eigenvalue weighted by Crippen LogP contribution is 2.27. The normalized spacial score (nSPS) is 17.4. The van der Waals surface area contributed by atoms with Gasteiger partial charge in [-0.15, -0.1) is 0 Å². The smallest absolute Gasteiger partial charge is 0.321 e. The summed E-state index contributed by atoms with van der Waals surface area (Å²) in [6.07, 6.45) is 45.2. The van der Waals surface area contributed by atoms with Crippen LogP contribution in [0.4, 0.5) is 0 Å². The Hall–Kier alpha value is -1.38. The Morgan fingerprint density at radius 3 is 0.927 bits per heavy atom. The SMILES string of the molecule is CCCCCCCCCCCCCCCC=CC1C(=O)OC(=O)C1C=CCCCCCCCCCCCCCCC. The maximum Gasteiger partial charge on any atom is 0.321 e. The quantitative estimate of drug-likeness (QED) is 0.0372. The van der Waals surface area contributed by atoms with Gasteiger partial charge in [-0.05, 0) is 25.7 Å². The third kappa shape index (κ3) is 21.9. The lowest BCUT2D eigenvalue weighted by Crippen LogP contribution is -2.13. The number of cyclic esters (lactones) is 2. The fraction of sp³-hybridized carbons (Fsp3) is 0.842. The number of esters is 2. The molecule has 0 aromatic rings. The molecule has 0 radical (unpaired) electrons. The minimum Gasteiger partial charge on any atom is -0.392 e. The lowest BCUT2D eigenvalue weighted by atomic mass is 9.93. The molecular weight excluding hydrogens is 504 g/mol. The fourth-order valence-corrected chi connectivity index (χ4v) is 5.97. The summed E-state index contributed by atoms with van der Waals surface area (Å²) in [5.74, 6) is -1.64. The molecule has 3 nitrogen and oxygen atoms in total. The average Bonchev–Trinajstić information content (AvgIpc) is 3.24. The van der Waals surface area contributed by atoms with Gasteiger partial charge in [0.25, 0.3) is 0 Å². The van der Waals surface area contributed by atoms with Gasteiger partial charge >= 0.3 is 11.9 Å². The second-order valence-corrected chi connectivity index (χ2v) is 12.7. The van der Waals surface area contributed by atoms with E-state index in [1.807, 2.05) is 12.2 Å². The van der Waals surface area contributed by atoms with E-state index in [4.69, 9.17) is 4.74 Å². The molecule has 238 valence electrons. The van der Waals surface area contributed by atoms with Gasteiger partial charge in [0.15, 0.2) is 0 Å². The molecule has 2 unspecified atom stereocenters. The molecule has 0 aromatic heterocycles. The van der Waals surface area contributed by atoms with Crippen LogP contribution in [-0.2, 0) is 14.3 Å². The Kier molecular flexibility index (Phi) is 26.4. The summed E-state index contributed by atoms with van der Waals surface area (Å²) in [4.78, 5) is 24.4. The summed E-state index contributed by atoms with van der Waals surface area (Å²) < 4.78 is 4.96. The summed E-state index contributed by atoms with van der Waals surface area (Å²) >= 11 is 0. The minimum absolute atomic E-state index is 0.382. The number of hydrogen-bond donors (Lipinski definition) is 0. The van der Waals surface area contributed by atoms with Gasteiger partial charge in [-0.3, -0.25) is 9.59 Å². The molecular formula is C38H68O3. The number of carbonyl (C=O) groups excluding carboxylic acids is 2. The summed E-state index contributed by atoms with van der Waals surface area (Å²) in [5, 5.41) is 0. The van der Waals surface area contributed by atoms with Crippen LogP contribution in [0, 0.1) is 11.8 Å². The Balaban J connectivity index is 2.02. The molecule has 1 aliphatic rings. The van der Waals surface area contributed by atoms with E-state index in [2.05, 4.69) is 26.0 Å². The van der Waals surface area contributed by atoms with Gasteiger partial charge in [0.1, 0.15) is 0 Å². The summed E-state index contributed by atoms with van der Waals surface area (Å²) in [7, 11) is 0. The molecule has 0 spiro atoms. The van der Waals surface area contributed by atoms with Crippen molar-refractivity contribution in [2.24, 2.45) is 11.8 Å². The number of unbranched alkanes of at least 4 members (excludes halogenated alkanes) is 26. The molecule has 1 rings (SSSR count). The number of hydrogen-bond acceptors (Lipinski definition) is 3. The highest BCUT2D eigenvalue weighted by molar-refractivity contribution is 5.98. The van der Waals surface area contributed by atoms with Crippen LogP contribution < -0.4 is 0 Å². The van der Waals surface area contributed by atoms with E-state index in [0.29, 0.717) is 0 Å². The molecule has 0 N–H and O–H groups in total. The van der Waals surface area contributed by atoms with E-state index in [9.17, 15) is 9.59 Å². The Bertz CT molecular complexity index is 608. The Morgan fingerprint density at radius 2 is 0.659 bits per heavy atom. The van der Waals surface area contributed by atoms with Crippen molar-refractivity contribution in [2.75, 3.05) is 0 Å². The number of carbonyl (C=O) groups is 2. The first-order chi connectivity index (χ1) is 20.2. The molecule has 0 amide bonds. The maximum absolute atomic E-state index is 12.2. The van der Waals surface area contributed by atoms with Gasteiger partial charge in [0.2, 0.25) is 0 Å². The van der Waals surface area contributed by atoms with Crippen LogP contribution in [0.3, 0.4) is 0 Å². The van der Waals surface area contributed by atoms with Gasteiger partial charge in [0, 0.05) is 0 Å². The fourth-order valence-electron chi connectivity index (χ4n) is 5.97. The van der Waals surface area contributed by atoms with Crippen LogP contribution in [-0.4, -0.2) is 11.9 Å². The third-order valence-electron chi connectivity index (χ3n) is 8.77. The maximum atomic E-state index is 12.2. The van der Waals surface area contributed by atoms with Crippen molar-refractivity contribution in [3.63, 3.8) is 0 Å². The van der Waals surface area contributed by atoms with Crippen LogP contribution in [0.1, 0.15) is 194 Å². The van der Waals surface area contributed by atoms with Crippen molar-refractivity contribution >= 4 is 11.9 Å². The Labute approximate surface area is 255 Å². The molecule has 2 atom stereocenters. The highest BCUT2D eigenvalue weighted by Gasteiger charge is 2.40.